The molecule has 180 valence electrons. The molecule has 0 aromatic rings. The van der Waals surface area contributed by atoms with Crippen LogP contribution in [-0.2, 0) is 9.47 Å². The molecule has 3 unspecified atom stereocenters. The van der Waals surface area contributed by atoms with Crippen molar-refractivity contribution in [1.29, 1.82) is 0 Å². The van der Waals surface area contributed by atoms with Crippen molar-refractivity contribution in [1.82, 2.24) is 0 Å². The fraction of sp³-hybridized carbons (Fsp3) is 0.929. The molecular formula is C28H44O4. The SMILES string of the molecule is CC1CC[C@@]2(OC1)OC1C[C@H]3[C@@H]4[C@@H](O)C=C5C[C@@H](O)CC[C@]5(C)[C@H]4C[C@@H](C)[C@]3(C)C1[C@@H]2C. The predicted octanol–water partition coefficient (Wildman–Crippen LogP) is 4.93. The normalized spacial score (nSPS) is 61.5. The van der Waals surface area contributed by atoms with Crippen molar-refractivity contribution < 1.29 is 19.7 Å². The molecule has 4 nitrogen and oxygen atoms in total. The second-order valence-corrected chi connectivity index (χ2v) is 13.3. The van der Waals surface area contributed by atoms with E-state index < -0.39 is 0 Å². The summed E-state index contributed by atoms with van der Waals surface area (Å²) < 4.78 is 13.4. The maximum absolute atomic E-state index is 11.5. The number of aliphatic hydroxyl groups is 2. The molecule has 4 aliphatic carbocycles. The van der Waals surface area contributed by atoms with Gasteiger partial charge in [0.2, 0.25) is 0 Å². The van der Waals surface area contributed by atoms with Crippen LogP contribution in [0.25, 0.3) is 0 Å². The molecule has 3 saturated carbocycles. The second-order valence-electron chi connectivity index (χ2n) is 13.3. The summed E-state index contributed by atoms with van der Waals surface area (Å²) in [4.78, 5) is 0. The molecule has 2 saturated heterocycles. The number of hydrogen-bond donors (Lipinski definition) is 2. The van der Waals surface area contributed by atoms with Crippen LogP contribution in [0.15, 0.2) is 11.6 Å². The molecule has 5 fully saturated rings. The summed E-state index contributed by atoms with van der Waals surface area (Å²) in [5.74, 6) is 3.07. The predicted molar refractivity (Wildman–Crippen MR) is 124 cm³/mol. The number of hydrogen-bond acceptors (Lipinski definition) is 4. The fourth-order valence-electron chi connectivity index (χ4n) is 9.97. The molecule has 0 amide bonds. The van der Waals surface area contributed by atoms with E-state index in [4.69, 9.17) is 9.47 Å². The van der Waals surface area contributed by atoms with Crippen molar-refractivity contribution in [2.24, 2.45) is 52.3 Å². The summed E-state index contributed by atoms with van der Waals surface area (Å²) in [6, 6.07) is 0. The van der Waals surface area contributed by atoms with Crippen LogP contribution in [0.5, 0.6) is 0 Å². The third-order valence-electron chi connectivity index (χ3n) is 12.0. The van der Waals surface area contributed by atoms with Crippen LogP contribution in [-0.4, -0.2) is 40.9 Å². The summed E-state index contributed by atoms with van der Waals surface area (Å²) in [7, 11) is 0. The summed E-state index contributed by atoms with van der Waals surface area (Å²) >= 11 is 0. The number of aliphatic hydroxyl groups excluding tert-OH is 2. The number of rotatable bonds is 0. The second kappa shape index (κ2) is 7.06. The molecule has 1 spiro atoms. The molecule has 32 heavy (non-hydrogen) atoms. The molecule has 0 aromatic carbocycles. The Kier molecular flexibility index (Phi) is 4.87. The summed E-state index contributed by atoms with van der Waals surface area (Å²) in [6.07, 6.45) is 8.95. The number of ether oxygens (including phenoxy) is 2. The minimum atomic E-state index is -0.389. The lowest BCUT2D eigenvalue weighted by molar-refractivity contribution is -0.273. The zero-order chi connectivity index (χ0) is 22.6. The van der Waals surface area contributed by atoms with Gasteiger partial charge in [-0.3, -0.25) is 0 Å². The highest BCUT2D eigenvalue weighted by atomic mass is 16.7. The summed E-state index contributed by atoms with van der Waals surface area (Å²) in [5.41, 5.74) is 1.64. The minimum Gasteiger partial charge on any atom is -0.393 e. The fourth-order valence-corrected chi connectivity index (χ4v) is 9.97. The van der Waals surface area contributed by atoms with Crippen molar-refractivity contribution in [3.8, 4) is 0 Å². The van der Waals surface area contributed by atoms with E-state index in [1.807, 2.05) is 0 Å². The molecule has 0 aromatic heterocycles. The molecule has 4 heteroatoms. The highest BCUT2D eigenvalue weighted by Crippen LogP contribution is 2.72. The highest BCUT2D eigenvalue weighted by molar-refractivity contribution is 5.29. The van der Waals surface area contributed by atoms with Crippen LogP contribution >= 0.6 is 0 Å². The van der Waals surface area contributed by atoms with E-state index in [1.165, 1.54) is 18.4 Å². The maximum Gasteiger partial charge on any atom is 0.171 e. The van der Waals surface area contributed by atoms with E-state index in [1.54, 1.807) is 0 Å². The lowest BCUT2D eigenvalue weighted by atomic mass is 9.44. The third-order valence-corrected chi connectivity index (χ3v) is 12.0. The van der Waals surface area contributed by atoms with Crippen molar-refractivity contribution in [2.75, 3.05) is 6.61 Å². The summed E-state index contributed by atoms with van der Waals surface area (Å²) in [5, 5.41) is 21.8. The van der Waals surface area contributed by atoms with Crippen molar-refractivity contribution in [3.63, 3.8) is 0 Å². The van der Waals surface area contributed by atoms with Gasteiger partial charge in [0.15, 0.2) is 5.79 Å². The molecule has 2 heterocycles. The lowest BCUT2D eigenvalue weighted by Gasteiger charge is -2.61. The van der Waals surface area contributed by atoms with Crippen molar-refractivity contribution >= 4 is 0 Å². The molecule has 6 aliphatic rings. The first-order chi connectivity index (χ1) is 15.1. The van der Waals surface area contributed by atoms with Gasteiger partial charge in [0.25, 0.3) is 0 Å². The van der Waals surface area contributed by atoms with Crippen LogP contribution in [0.2, 0.25) is 0 Å². The Bertz CT molecular complexity index is 799. The average Bonchev–Trinajstić information content (AvgIpc) is 3.18. The van der Waals surface area contributed by atoms with Gasteiger partial charge in [-0.15, -0.1) is 0 Å². The van der Waals surface area contributed by atoms with Crippen molar-refractivity contribution in [3.05, 3.63) is 11.6 Å². The Morgan fingerprint density at radius 3 is 2.50 bits per heavy atom. The highest BCUT2D eigenvalue weighted by Gasteiger charge is 2.71. The molecule has 2 aliphatic heterocycles. The van der Waals surface area contributed by atoms with Crippen LogP contribution < -0.4 is 0 Å². The molecule has 2 N–H and O–H groups in total. The standard InChI is InChI=1S/C28H44O4/c1-15-6-9-28(31-14-15)17(3)25-23(32-28)13-21-24-20(10-16(2)27(21,25)5)26(4)8-7-19(29)11-18(26)12-22(24)30/h12,15-17,19-25,29-30H,6-11,13-14H2,1-5H3/t15?,16-,17+,19+,20+,21+,22+,23?,24-,25?,26+,27+,28-/m1/s1. The monoisotopic (exact) mass is 444 g/mol. The van der Waals surface area contributed by atoms with E-state index in [0.717, 1.165) is 38.7 Å². The van der Waals surface area contributed by atoms with Gasteiger partial charge in [0.1, 0.15) is 0 Å². The maximum atomic E-state index is 11.5. The topological polar surface area (TPSA) is 58.9 Å². The Morgan fingerprint density at radius 2 is 1.78 bits per heavy atom. The third kappa shape index (κ3) is 2.70. The van der Waals surface area contributed by atoms with E-state index in [9.17, 15) is 10.2 Å². The van der Waals surface area contributed by atoms with E-state index >= 15 is 0 Å². The van der Waals surface area contributed by atoms with Crippen LogP contribution in [0.3, 0.4) is 0 Å². The zero-order valence-electron chi connectivity index (χ0n) is 20.7. The van der Waals surface area contributed by atoms with Gasteiger partial charge in [0, 0.05) is 12.3 Å². The Labute approximate surface area is 194 Å². The first-order valence-electron chi connectivity index (χ1n) is 13.5. The molecular weight excluding hydrogens is 400 g/mol. The van der Waals surface area contributed by atoms with E-state index in [2.05, 4.69) is 40.7 Å². The van der Waals surface area contributed by atoms with Crippen LogP contribution in [0, 0.1) is 52.3 Å². The zero-order valence-corrected chi connectivity index (χ0v) is 20.7. The van der Waals surface area contributed by atoms with Gasteiger partial charge >= 0.3 is 0 Å². The Hall–Kier alpha value is -0.420. The summed E-state index contributed by atoms with van der Waals surface area (Å²) in [6.45, 7) is 13.0. The minimum absolute atomic E-state index is 0.132. The van der Waals surface area contributed by atoms with Crippen LogP contribution in [0.4, 0.5) is 0 Å². The van der Waals surface area contributed by atoms with Crippen LogP contribution in [0.1, 0.15) is 79.6 Å². The van der Waals surface area contributed by atoms with E-state index in [-0.39, 0.29) is 34.9 Å². The van der Waals surface area contributed by atoms with Gasteiger partial charge < -0.3 is 19.7 Å². The Balaban J connectivity index is 1.35. The smallest absolute Gasteiger partial charge is 0.171 e. The van der Waals surface area contributed by atoms with Gasteiger partial charge in [-0.05, 0) is 84.9 Å². The molecule has 13 atom stereocenters. The Morgan fingerprint density at radius 1 is 1.00 bits per heavy atom. The number of fused-ring (bicyclic) bond motifs is 7. The van der Waals surface area contributed by atoms with Gasteiger partial charge in [-0.25, -0.2) is 0 Å². The molecule has 0 bridgehead atoms. The van der Waals surface area contributed by atoms with Gasteiger partial charge in [-0.2, -0.15) is 0 Å². The van der Waals surface area contributed by atoms with Gasteiger partial charge in [-0.1, -0.05) is 46.3 Å². The largest absolute Gasteiger partial charge is 0.393 e. The first kappa shape index (κ1) is 22.1. The van der Waals surface area contributed by atoms with Crippen molar-refractivity contribution in [2.45, 2.75) is 104 Å². The molecule has 0 radical (unpaired) electrons. The average molecular weight is 445 g/mol. The quantitative estimate of drug-likeness (QED) is 0.520. The molecule has 6 rings (SSSR count). The lowest BCUT2D eigenvalue weighted by Crippen LogP contribution is -2.58. The first-order valence-corrected chi connectivity index (χ1v) is 13.5. The van der Waals surface area contributed by atoms with E-state index in [0.29, 0.717) is 41.4 Å². The van der Waals surface area contributed by atoms with Gasteiger partial charge in [0.05, 0.1) is 24.9 Å².